The third-order valence-corrected chi connectivity index (χ3v) is 4.23. The first-order valence-electron chi connectivity index (χ1n) is 8.12. The van der Waals surface area contributed by atoms with Gasteiger partial charge in [-0.3, -0.25) is 4.79 Å². The van der Waals surface area contributed by atoms with Gasteiger partial charge < -0.3 is 9.47 Å². The molecule has 0 spiro atoms. The van der Waals surface area contributed by atoms with Gasteiger partial charge in [0.05, 0.1) is 12.5 Å². The van der Waals surface area contributed by atoms with Gasteiger partial charge in [-0.15, -0.1) is 6.58 Å². The third kappa shape index (κ3) is 3.85. The van der Waals surface area contributed by atoms with E-state index >= 15 is 0 Å². The standard InChI is InChI=1S/C17H30O3/c1-5-9-10-11-12-13-14-15(16(18)19-7-3)17(14,6-2)20-8-4/h6,14-15H,2,5,7-13H2,1,3-4H3. The molecule has 1 fully saturated rings. The molecular formula is C17H30O3. The molecule has 0 amide bonds. The van der Waals surface area contributed by atoms with Gasteiger partial charge in [0.1, 0.15) is 5.60 Å². The van der Waals surface area contributed by atoms with E-state index in [1.54, 1.807) is 0 Å². The highest BCUT2D eigenvalue weighted by Gasteiger charge is 2.67. The molecule has 0 heterocycles. The van der Waals surface area contributed by atoms with Crippen LogP contribution in [-0.2, 0) is 14.3 Å². The topological polar surface area (TPSA) is 35.5 Å². The van der Waals surface area contributed by atoms with E-state index in [1.165, 1.54) is 25.7 Å². The fourth-order valence-corrected chi connectivity index (χ4v) is 3.18. The second-order valence-corrected chi connectivity index (χ2v) is 5.53. The quantitative estimate of drug-likeness (QED) is 0.325. The molecule has 0 aliphatic heterocycles. The number of ether oxygens (including phenoxy) is 2. The summed E-state index contributed by atoms with van der Waals surface area (Å²) in [7, 11) is 0. The monoisotopic (exact) mass is 282 g/mol. The number of carbonyl (C=O) groups excluding carboxylic acids is 1. The Morgan fingerprint density at radius 1 is 1.15 bits per heavy atom. The van der Waals surface area contributed by atoms with E-state index in [0.29, 0.717) is 13.2 Å². The molecule has 116 valence electrons. The van der Waals surface area contributed by atoms with Crippen LogP contribution in [0.4, 0.5) is 0 Å². The van der Waals surface area contributed by atoms with E-state index in [9.17, 15) is 4.79 Å². The lowest BCUT2D eigenvalue weighted by Gasteiger charge is -2.13. The SMILES string of the molecule is C=CC1(OCC)C(CCCCCCC)C1C(=O)OCC. The molecule has 20 heavy (non-hydrogen) atoms. The molecule has 0 N–H and O–H groups in total. The fraction of sp³-hybridized carbons (Fsp3) is 0.824. The molecule has 3 unspecified atom stereocenters. The number of esters is 1. The number of hydrogen-bond donors (Lipinski definition) is 0. The van der Waals surface area contributed by atoms with Gasteiger partial charge in [-0.05, 0) is 20.3 Å². The smallest absolute Gasteiger partial charge is 0.312 e. The lowest BCUT2D eigenvalue weighted by Crippen LogP contribution is -2.20. The summed E-state index contributed by atoms with van der Waals surface area (Å²) in [5.41, 5.74) is -0.467. The zero-order valence-electron chi connectivity index (χ0n) is 13.3. The molecule has 1 rings (SSSR count). The van der Waals surface area contributed by atoms with Crippen molar-refractivity contribution >= 4 is 5.97 Å². The highest BCUT2D eigenvalue weighted by atomic mass is 16.5. The van der Waals surface area contributed by atoms with Gasteiger partial charge >= 0.3 is 5.97 Å². The molecule has 0 saturated heterocycles. The average molecular weight is 282 g/mol. The van der Waals surface area contributed by atoms with Crippen LogP contribution in [0.3, 0.4) is 0 Å². The number of unbranched alkanes of at least 4 members (excludes halogenated alkanes) is 4. The van der Waals surface area contributed by atoms with Gasteiger partial charge in [0.25, 0.3) is 0 Å². The zero-order valence-corrected chi connectivity index (χ0v) is 13.3. The minimum Gasteiger partial charge on any atom is -0.466 e. The predicted molar refractivity (Wildman–Crippen MR) is 81.5 cm³/mol. The summed E-state index contributed by atoms with van der Waals surface area (Å²) >= 11 is 0. The van der Waals surface area contributed by atoms with Crippen LogP contribution in [0.1, 0.15) is 59.3 Å². The molecule has 0 radical (unpaired) electrons. The van der Waals surface area contributed by atoms with Crippen LogP contribution in [0, 0.1) is 11.8 Å². The van der Waals surface area contributed by atoms with Gasteiger partial charge in [0.15, 0.2) is 0 Å². The van der Waals surface area contributed by atoms with Gasteiger partial charge in [0.2, 0.25) is 0 Å². The van der Waals surface area contributed by atoms with Gasteiger partial charge in [-0.25, -0.2) is 0 Å². The second-order valence-electron chi connectivity index (χ2n) is 5.53. The summed E-state index contributed by atoms with van der Waals surface area (Å²) in [6.07, 6.45) is 9.06. The largest absolute Gasteiger partial charge is 0.466 e. The average Bonchev–Trinajstić information content (AvgIpc) is 3.07. The van der Waals surface area contributed by atoms with Crippen molar-refractivity contribution in [3.63, 3.8) is 0 Å². The van der Waals surface area contributed by atoms with Crippen LogP contribution in [0.15, 0.2) is 12.7 Å². The van der Waals surface area contributed by atoms with Crippen LogP contribution in [0.25, 0.3) is 0 Å². The van der Waals surface area contributed by atoms with E-state index in [4.69, 9.17) is 9.47 Å². The van der Waals surface area contributed by atoms with E-state index in [-0.39, 0.29) is 17.8 Å². The molecular weight excluding hydrogens is 252 g/mol. The Hall–Kier alpha value is -0.830. The number of hydrogen-bond acceptors (Lipinski definition) is 3. The normalized spacial score (nSPS) is 28.1. The number of carbonyl (C=O) groups is 1. The van der Waals surface area contributed by atoms with Crippen LogP contribution < -0.4 is 0 Å². The van der Waals surface area contributed by atoms with Gasteiger partial charge in [-0.1, -0.05) is 45.1 Å². The Morgan fingerprint density at radius 2 is 1.85 bits per heavy atom. The third-order valence-electron chi connectivity index (χ3n) is 4.23. The highest BCUT2D eigenvalue weighted by molar-refractivity contribution is 5.79. The fourth-order valence-electron chi connectivity index (χ4n) is 3.18. The minimum atomic E-state index is -0.467. The molecule has 1 aliphatic rings. The zero-order chi connectivity index (χ0) is 15.0. The lowest BCUT2D eigenvalue weighted by molar-refractivity contribution is -0.146. The molecule has 1 saturated carbocycles. The van der Waals surface area contributed by atoms with Crippen LogP contribution in [0.5, 0.6) is 0 Å². The van der Waals surface area contributed by atoms with Crippen molar-refractivity contribution in [1.82, 2.24) is 0 Å². The number of rotatable bonds is 11. The Kier molecular flexibility index (Phi) is 7.28. The summed E-state index contributed by atoms with van der Waals surface area (Å²) in [6, 6.07) is 0. The predicted octanol–water partition coefficient (Wildman–Crippen LogP) is 4.12. The Balaban J connectivity index is 2.52. The molecule has 0 aromatic carbocycles. The van der Waals surface area contributed by atoms with Crippen LogP contribution in [-0.4, -0.2) is 24.8 Å². The molecule has 3 nitrogen and oxygen atoms in total. The van der Waals surface area contributed by atoms with Crippen molar-refractivity contribution in [2.45, 2.75) is 64.9 Å². The second kappa shape index (κ2) is 8.46. The van der Waals surface area contributed by atoms with Crippen molar-refractivity contribution in [3.05, 3.63) is 12.7 Å². The maximum Gasteiger partial charge on any atom is 0.312 e. The van der Waals surface area contributed by atoms with Crippen LogP contribution >= 0.6 is 0 Å². The summed E-state index contributed by atoms with van der Waals surface area (Å²) < 4.78 is 11.0. The van der Waals surface area contributed by atoms with E-state index < -0.39 is 5.60 Å². The Labute approximate surface area is 123 Å². The minimum absolute atomic E-state index is 0.126. The van der Waals surface area contributed by atoms with Crippen molar-refractivity contribution in [2.75, 3.05) is 13.2 Å². The Morgan fingerprint density at radius 3 is 2.40 bits per heavy atom. The molecule has 0 aromatic rings. The molecule has 3 atom stereocenters. The van der Waals surface area contributed by atoms with Crippen molar-refractivity contribution in [3.8, 4) is 0 Å². The van der Waals surface area contributed by atoms with E-state index in [1.807, 2.05) is 19.9 Å². The summed E-state index contributed by atoms with van der Waals surface area (Å²) in [4.78, 5) is 12.1. The van der Waals surface area contributed by atoms with Crippen molar-refractivity contribution in [1.29, 1.82) is 0 Å². The van der Waals surface area contributed by atoms with E-state index in [0.717, 1.165) is 12.8 Å². The van der Waals surface area contributed by atoms with Gasteiger partial charge in [0, 0.05) is 12.5 Å². The summed E-state index contributed by atoms with van der Waals surface area (Å²) in [6.45, 7) is 10.9. The molecule has 3 heteroatoms. The summed E-state index contributed by atoms with van der Waals surface area (Å²) in [5, 5.41) is 0. The highest BCUT2D eigenvalue weighted by Crippen LogP contribution is 2.57. The van der Waals surface area contributed by atoms with Crippen LogP contribution in [0.2, 0.25) is 0 Å². The molecule has 1 aliphatic carbocycles. The molecule has 0 bridgehead atoms. The lowest BCUT2D eigenvalue weighted by atomic mass is 10.1. The van der Waals surface area contributed by atoms with Crippen molar-refractivity contribution < 1.29 is 14.3 Å². The first-order chi connectivity index (χ1) is 9.67. The molecule has 0 aromatic heterocycles. The first-order valence-corrected chi connectivity index (χ1v) is 8.12. The summed E-state index contributed by atoms with van der Waals surface area (Å²) in [5.74, 6) is -0.0221. The first kappa shape index (κ1) is 17.2. The Bertz CT molecular complexity index is 313. The van der Waals surface area contributed by atoms with E-state index in [2.05, 4.69) is 13.5 Å². The van der Waals surface area contributed by atoms with Crippen molar-refractivity contribution in [2.24, 2.45) is 11.8 Å². The van der Waals surface area contributed by atoms with Gasteiger partial charge in [-0.2, -0.15) is 0 Å². The maximum atomic E-state index is 12.1. The maximum absolute atomic E-state index is 12.1.